The maximum absolute atomic E-state index is 12.6. The van der Waals surface area contributed by atoms with Crippen molar-refractivity contribution in [2.75, 3.05) is 39.3 Å². The summed E-state index contributed by atoms with van der Waals surface area (Å²) in [6.45, 7) is 10.3. The highest BCUT2D eigenvalue weighted by Crippen LogP contribution is 2.16. The summed E-state index contributed by atoms with van der Waals surface area (Å²) < 4.78 is 31.5. The molecule has 1 aliphatic rings. The van der Waals surface area contributed by atoms with Gasteiger partial charge in [0.05, 0.1) is 5.69 Å². The molecule has 0 bridgehead atoms. The lowest BCUT2D eigenvalue weighted by atomic mass is 9.97. The minimum atomic E-state index is -3.39. The van der Waals surface area contributed by atoms with E-state index in [0.29, 0.717) is 37.8 Å². The molecule has 1 saturated heterocycles. The predicted octanol–water partition coefficient (Wildman–Crippen LogP) is 2.69. The summed E-state index contributed by atoms with van der Waals surface area (Å²) in [6, 6.07) is 1.59. The van der Waals surface area contributed by atoms with E-state index >= 15 is 0 Å². The fourth-order valence-corrected chi connectivity index (χ4v) is 5.06. The molecule has 0 amide bonds. The molecule has 0 aliphatic carbocycles. The first kappa shape index (κ1) is 23.7. The van der Waals surface area contributed by atoms with Crippen LogP contribution in [0.25, 0.3) is 0 Å². The summed E-state index contributed by atoms with van der Waals surface area (Å²) in [6.07, 6.45) is 7.47. The zero-order valence-electron chi connectivity index (χ0n) is 18.1. The molecule has 1 unspecified atom stereocenters. The highest BCUT2D eigenvalue weighted by molar-refractivity contribution is 7.88. The number of nitrogens with zero attached hydrogens (tertiary/aromatic N) is 4. The van der Waals surface area contributed by atoms with Crippen LogP contribution >= 0.6 is 0 Å². The van der Waals surface area contributed by atoms with Crippen LogP contribution in [0.2, 0.25) is 0 Å². The molecule has 9 heteroatoms. The number of hydrogen-bond acceptors (Lipinski definition) is 5. The van der Waals surface area contributed by atoms with Crippen molar-refractivity contribution in [2.45, 2.75) is 58.6 Å². The second-order valence-electron chi connectivity index (χ2n) is 7.62. The van der Waals surface area contributed by atoms with Crippen LogP contribution in [-0.4, -0.2) is 68.0 Å². The normalized spacial score (nSPS) is 17.5. The van der Waals surface area contributed by atoms with Crippen molar-refractivity contribution in [1.82, 2.24) is 19.7 Å². The number of hydrogen-bond donors (Lipinski definition) is 1. The van der Waals surface area contributed by atoms with E-state index in [-0.39, 0.29) is 5.75 Å². The van der Waals surface area contributed by atoms with Gasteiger partial charge >= 0.3 is 0 Å². The van der Waals surface area contributed by atoms with Crippen LogP contribution in [-0.2, 0) is 15.8 Å². The van der Waals surface area contributed by atoms with Gasteiger partial charge in [0.2, 0.25) is 10.0 Å². The van der Waals surface area contributed by atoms with Gasteiger partial charge in [0.25, 0.3) is 0 Å². The van der Waals surface area contributed by atoms with E-state index in [1.54, 1.807) is 10.4 Å². The average molecular weight is 428 g/mol. The molecular formula is C20H37N5O3S. The molecule has 166 valence electrons. The van der Waals surface area contributed by atoms with Crippen molar-refractivity contribution in [1.29, 1.82) is 0 Å². The summed E-state index contributed by atoms with van der Waals surface area (Å²) in [7, 11) is -3.39. The smallest absolute Gasteiger partial charge is 0.220 e. The van der Waals surface area contributed by atoms with Crippen LogP contribution in [0.4, 0.5) is 0 Å². The lowest BCUT2D eigenvalue weighted by Gasteiger charge is -2.36. The molecule has 1 N–H and O–H groups in total. The fraction of sp³-hybridized carbons (Fsp3) is 0.800. The number of sulfonamides is 1. The number of nitrogens with one attached hydrogen (secondary N) is 1. The van der Waals surface area contributed by atoms with Gasteiger partial charge in [-0.05, 0) is 25.7 Å². The van der Waals surface area contributed by atoms with E-state index in [2.05, 4.69) is 36.1 Å². The van der Waals surface area contributed by atoms with Gasteiger partial charge in [0.1, 0.15) is 12.0 Å². The Morgan fingerprint density at radius 2 is 1.97 bits per heavy atom. The zero-order valence-corrected chi connectivity index (χ0v) is 19.0. The first-order chi connectivity index (χ1) is 14.0. The number of unbranched alkanes of at least 4 members (excludes halogenated alkanes) is 1. The lowest BCUT2D eigenvalue weighted by molar-refractivity contribution is 0.259. The first-order valence-electron chi connectivity index (χ1n) is 10.9. The largest absolute Gasteiger partial charge is 0.364 e. The average Bonchev–Trinajstić information content (AvgIpc) is 3.21. The molecule has 0 radical (unpaired) electrons. The summed E-state index contributed by atoms with van der Waals surface area (Å²) in [4.78, 5) is 7.07. The van der Waals surface area contributed by atoms with Crippen LogP contribution < -0.4 is 5.32 Å². The second kappa shape index (κ2) is 12.2. The first-order valence-corrected chi connectivity index (χ1v) is 12.5. The molecule has 8 nitrogen and oxygen atoms in total. The molecule has 1 fully saturated rings. The highest BCUT2D eigenvalue weighted by Gasteiger charge is 2.29. The third kappa shape index (κ3) is 7.62. The molecular weight excluding hydrogens is 390 g/mol. The van der Waals surface area contributed by atoms with Crippen LogP contribution in [0.5, 0.6) is 0 Å². The summed E-state index contributed by atoms with van der Waals surface area (Å²) in [5, 5.41) is 7.10. The van der Waals surface area contributed by atoms with Crippen LogP contribution in [0.1, 0.15) is 58.6 Å². The van der Waals surface area contributed by atoms with Crippen LogP contribution in [0.15, 0.2) is 21.8 Å². The van der Waals surface area contributed by atoms with Gasteiger partial charge < -0.3 is 14.7 Å². The van der Waals surface area contributed by atoms with E-state index in [1.165, 1.54) is 38.4 Å². The molecule has 0 saturated carbocycles. The topological polar surface area (TPSA) is 91.0 Å². The summed E-state index contributed by atoms with van der Waals surface area (Å²) in [5.74, 6) is 1.41. The van der Waals surface area contributed by atoms with Crippen LogP contribution in [0.3, 0.4) is 0 Å². The molecule has 1 aliphatic heterocycles. The van der Waals surface area contributed by atoms with Gasteiger partial charge in [0, 0.05) is 45.3 Å². The van der Waals surface area contributed by atoms with Gasteiger partial charge in [-0.15, -0.1) is 0 Å². The monoisotopic (exact) mass is 427 g/mol. The number of piperazine rings is 1. The summed E-state index contributed by atoms with van der Waals surface area (Å²) >= 11 is 0. The van der Waals surface area contributed by atoms with Gasteiger partial charge in [-0.1, -0.05) is 38.3 Å². The van der Waals surface area contributed by atoms with E-state index < -0.39 is 10.0 Å². The fourth-order valence-electron chi connectivity index (χ4n) is 3.64. The second-order valence-corrected chi connectivity index (χ2v) is 9.59. The molecule has 0 spiro atoms. The molecule has 29 heavy (non-hydrogen) atoms. The van der Waals surface area contributed by atoms with E-state index in [1.807, 2.05) is 0 Å². The quantitative estimate of drug-likeness (QED) is 0.431. The Bertz CT molecular complexity index is 698. The van der Waals surface area contributed by atoms with Crippen molar-refractivity contribution >= 4 is 16.0 Å². The van der Waals surface area contributed by atoms with Crippen molar-refractivity contribution < 1.29 is 12.9 Å². The van der Waals surface area contributed by atoms with Crippen LogP contribution in [0, 0.1) is 5.92 Å². The van der Waals surface area contributed by atoms with Crippen molar-refractivity contribution in [3.63, 3.8) is 0 Å². The number of rotatable bonds is 11. The Morgan fingerprint density at radius 3 is 2.55 bits per heavy atom. The molecule has 0 aromatic carbocycles. The van der Waals surface area contributed by atoms with E-state index in [9.17, 15) is 8.42 Å². The molecule has 1 atom stereocenters. The third-order valence-corrected chi connectivity index (χ3v) is 7.06. The third-order valence-electron chi connectivity index (χ3n) is 5.25. The highest BCUT2D eigenvalue weighted by atomic mass is 32.2. The Labute approximate surface area is 175 Å². The number of guanidine groups is 1. The van der Waals surface area contributed by atoms with E-state index in [4.69, 9.17) is 9.52 Å². The zero-order chi connectivity index (χ0) is 21.1. The van der Waals surface area contributed by atoms with Gasteiger partial charge in [-0.3, -0.25) is 4.99 Å². The minimum absolute atomic E-state index is 0.117. The maximum Gasteiger partial charge on any atom is 0.220 e. The predicted molar refractivity (Wildman–Crippen MR) is 116 cm³/mol. The van der Waals surface area contributed by atoms with Crippen molar-refractivity contribution in [3.8, 4) is 0 Å². The van der Waals surface area contributed by atoms with Gasteiger partial charge in [-0.2, -0.15) is 4.31 Å². The molecule has 2 heterocycles. The Hall–Kier alpha value is -1.61. The SMILES string of the molecule is CCCCC(CCC)CN=C(NCC)N1CCN(S(=O)(=O)Cc2ccon2)CC1. The molecule has 1 aromatic heterocycles. The maximum atomic E-state index is 12.6. The lowest BCUT2D eigenvalue weighted by Crippen LogP contribution is -2.54. The standard InChI is InChI=1S/C20H37N5O3S/c1-4-7-9-18(8-5-2)16-22-20(21-6-3)24-11-13-25(14-12-24)29(26,27)17-19-10-15-28-23-19/h10,15,18H,4-9,11-14,16-17H2,1-3H3,(H,21,22). The Morgan fingerprint density at radius 1 is 1.21 bits per heavy atom. The Kier molecular flexibility index (Phi) is 9.93. The van der Waals surface area contributed by atoms with E-state index in [0.717, 1.165) is 19.0 Å². The minimum Gasteiger partial charge on any atom is -0.364 e. The van der Waals surface area contributed by atoms with Gasteiger partial charge in [-0.25, -0.2) is 8.42 Å². The Balaban J connectivity index is 1.94. The number of aliphatic imine (C=N–C) groups is 1. The van der Waals surface area contributed by atoms with Crippen molar-refractivity contribution in [2.24, 2.45) is 10.9 Å². The van der Waals surface area contributed by atoms with Gasteiger partial charge in [0.15, 0.2) is 5.96 Å². The van der Waals surface area contributed by atoms with Crippen molar-refractivity contribution in [3.05, 3.63) is 18.0 Å². The summed E-state index contributed by atoms with van der Waals surface area (Å²) in [5.41, 5.74) is 0.441. The molecule has 2 rings (SSSR count). The number of aromatic nitrogens is 1. The molecule has 1 aromatic rings.